The van der Waals surface area contributed by atoms with Crippen molar-refractivity contribution >= 4 is 23.1 Å². The Labute approximate surface area is 163 Å². The van der Waals surface area contributed by atoms with Gasteiger partial charge in [0.1, 0.15) is 5.01 Å². The Balaban J connectivity index is 1.76. The van der Waals surface area contributed by atoms with Gasteiger partial charge in [0.15, 0.2) is 11.5 Å². The fourth-order valence-electron chi connectivity index (χ4n) is 2.47. The Morgan fingerprint density at radius 2 is 1.85 bits per heavy atom. The van der Waals surface area contributed by atoms with Crippen LogP contribution in [-0.4, -0.2) is 19.2 Å². The van der Waals surface area contributed by atoms with E-state index in [0.717, 1.165) is 28.4 Å². The summed E-state index contributed by atoms with van der Waals surface area (Å²) in [5.74, 6) is 1.70. The van der Waals surface area contributed by atoms with Crippen molar-refractivity contribution in [3.8, 4) is 22.1 Å². The Kier molecular flexibility index (Phi) is 5.96. The molecule has 0 N–H and O–H groups in total. The largest absolute Gasteiger partial charge is 0.493 e. The van der Waals surface area contributed by atoms with Gasteiger partial charge in [0, 0.05) is 16.0 Å². The quantitative estimate of drug-likeness (QED) is 0.456. The number of thioether (sulfide) groups is 1. The summed E-state index contributed by atoms with van der Waals surface area (Å²) in [5, 5.41) is 2.67. The molecule has 0 saturated carbocycles. The minimum Gasteiger partial charge on any atom is -0.493 e. The summed E-state index contributed by atoms with van der Waals surface area (Å²) in [7, 11) is 3.14. The standard InChI is InChI=1S/C19H16F3NO2S2/c1-24-16-8-4-7-15(17(16)25-2)18-23-13(11-27-18)10-26-14-6-3-5-12(9-14)19(20,21)22/h3-9,11H,10H2,1-2H3. The van der Waals surface area contributed by atoms with Gasteiger partial charge in [-0.2, -0.15) is 13.2 Å². The molecule has 1 heterocycles. The van der Waals surface area contributed by atoms with Crippen LogP contribution in [0.25, 0.3) is 10.6 Å². The maximum Gasteiger partial charge on any atom is 0.416 e. The van der Waals surface area contributed by atoms with E-state index < -0.39 is 11.7 Å². The minimum absolute atomic E-state index is 0.476. The van der Waals surface area contributed by atoms with Crippen LogP contribution in [0.5, 0.6) is 11.5 Å². The van der Waals surface area contributed by atoms with Crippen molar-refractivity contribution in [2.75, 3.05) is 14.2 Å². The molecule has 0 unspecified atom stereocenters. The van der Waals surface area contributed by atoms with Crippen molar-refractivity contribution in [3.63, 3.8) is 0 Å². The molecule has 0 bridgehead atoms. The summed E-state index contributed by atoms with van der Waals surface area (Å²) < 4.78 is 49.2. The Morgan fingerprint density at radius 3 is 2.56 bits per heavy atom. The zero-order valence-corrected chi connectivity index (χ0v) is 16.2. The van der Waals surface area contributed by atoms with E-state index in [9.17, 15) is 13.2 Å². The van der Waals surface area contributed by atoms with Crippen molar-refractivity contribution < 1.29 is 22.6 Å². The summed E-state index contributed by atoms with van der Waals surface area (Å²) in [5.41, 5.74) is 0.965. The number of para-hydroxylation sites is 1. The van der Waals surface area contributed by atoms with Gasteiger partial charge in [0.05, 0.1) is 31.0 Å². The van der Waals surface area contributed by atoms with Crippen molar-refractivity contribution in [1.82, 2.24) is 4.98 Å². The third kappa shape index (κ3) is 4.56. The average molecular weight is 411 g/mol. The zero-order chi connectivity index (χ0) is 19.4. The summed E-state index contributed by atoms with van der Waals surface area (Å²) in [4.78, 5) is 5.14. The van der Waals surface area contributed by atoms with Crippen molar-refractivity contribution in [2.45, 2.75) is 16.8 Å². The molecule has 27 heavy (non-hydrogen) atoms. The number of thiazole rings is 1. The molecule has 3 nitrogen and oxygen atoms in total. The van der Waals surface area contributed by atoms with E-state index in [0.29, 0.717) is 22.1 Å². The molecule has 0 fully saturated rings. The number of halogens is 3. The maximum atomic E-state index is 12.8. The highest BCUT2D eigenvalue weighted by Crippen LogP contribution is 2.39. The van der Waals surface area contributed by atoms with E-state index in [2.05, 4.69) is 4.98 Å². The molecule has 142 valence electrons. The van der Waals surface area contributed by atoms with Gasteiger partial charge in [-0.15, -0.1) is 23.1 Å². The van der Waals surface area contributed by atoms with Crippen LogP contribution in [0.4, 0.5) is 13.2 Å². The molecule has 0 aliphatic carbocycles. The minimum atomic E-state index is -4.34. The first-order valence-electron chi connectivity index (χ1n) is 7.88. The predicted molar refractivity (Wildman–Crippen MR) is 102 cm³/mol. The van der Waals surface area contributed by atoms with Gasteiger partial charge in [0.2, 0.25) is 0 Å². The number of hydrogen-bond donors (Lipinski definition) is 0. The highest BCUT2D eigenvalue weighted by atomic mass is 32.2. The van der Waals surface area contributed by atoms with Crippen molar-refractivity contribution in [3.05, 3.63) is 59.1 Å². The number of benzene rings is 2. The Bertz CT molecular complexity index is 925. The van der Waals surface area contributed by atoms with Gasteiger partial charge in [-0.3, -0.25) is 0 Å². The smallest absolute Gasteiger partial charge is 0.416 e. The number of rotatable bonds is 6. The molecule has 0 aliphatic heterocycles. The number of alkyl halides is 3. The molecule has 0 saturated heterocycles. The molecular formula is C19H16F3NO2S2. The van der Waals surface area contributed by atoms with E-state index >= 15 is 0 Å². The van der Waals surface area contributed by atoms with Gasteiger partial charge < -0.3 is 9.47 Å². The molecule has 0 aliphatic rings. The molecule has 8 heteroatoms. The van der Waals surface area contributed by atoms with Crippen molar-refractivity contribution in [1.29, 1.82) is 0 Å². The molecule has 3 rings (SSSR count). The fourth-order valence-corrected chi connectivity index (χ4v) is 4.27. The molecule has 0 radical (unpaired) electrons. The lowest BCUT2D eigenvalue weighted by atomic mass is 10.2. The maximum absolute atomic E-state index is 12.8. The highest BCUT2D eigenvalue weighted by Gasteiger charge is 2.30. The lowest BCUT2D eigenvalue weighted by Crippen LogP contribution is -2.04. The highest BCUT2D eigenvalue weighted by molar-refractivity contribution is 7.98. The summed E-state index contributed by atoms with van der Waals surface area (Å²) in [6.07, 6.45) is -4.34. The monoisotopic (exact) mass is 411 g/mol. The molecule has 0 spiro atoms. The van der Waals surface area contributed by atoms with Crippen molar-refractivity contribution in [2.24, 2.45) is 0 Å². The average Bonchev–Trinajstić information content (AvgIpc) is 3.14. The normalized spacial score (nSPS) is 11.4. The second kappa shape index (κ2) is 8.22. The van der Waals surface area contributed by atoms with Crippen LogP contribution in [-0.2, 0) is 11.9 Å². The molecule has 3 aromatic rings. The van der Waals surface area contributed by atoms with E-state index in [4.69, 9.17) is 9.47 Å². The summed E-state index contributed by atoms with van der Waals surface area (Å²) in [6.45, 7) is 0. The van der Waals surface area contributed by atoms with Crippen LogP contribution < -0.4 is 9.47 Å². The first-order valence-corrected chi connectivity index (χ1v) is 9.74. The summed E-state index contributed by atoms with van der Waals surface area (Å²) in [6, 6.07) is 10.9. The number of aromatic nitrogens is 1. The predicted octanol–water partition coefficient (Wildman–Crippen LogP) is 6.14. The van der Waals surface area contributed by atoms with E-state index in [-0.39, 0.29) is 0 Å². The van der Waals surface area contributed by atoms with Gasteiger partial charge in [0.25, 0.3) is 0 Å². The van der Waals surface area contributed by atoms with Crippen LogP contribution in [0.15, 0.2) is 52.7 Å². The number of nitrogens with zero attached hydrogens (tertiary/aromatic N) is 1. The lowest BCUT2D eigenvalue weighted by Gasteiger charge is -2.10. The Hall–Kier alpha value is -2.19. The van der Waals surface area contributed by atoms with Crippen LogP contribution in [0, 0.1) is 0 Å². The van der Waals surface area contributed by atoms with E-state index in [1.165, 1.54) is 29.2 Å². The van der Waals surface area contributed by atoms with Gasteiger partial charge in [-0.25, -0.2) is 4.98 Å². The topological polar surface area (TPSA) is 31.4 Å². The molecule has 1 aromatic heterocycles. The fraction of sp³-hybridized carbons (Fsp3) is 0.211. The second-order valence-corrected chi connectivity index (χ2v) is 7.41. The first kappa shape index (κ1) is 19.6. The molecule has 0 amide bonds. The summed E-state index contributed by atoms with van der Waals surface area (Å²) >= 11 is 2.77. The van der Waals surface area contributed by atoms with Crippen LogP contribution in [0.1, 0.15) is 11.3 Å². The third-order valence-electron chi connectivity index (χ3n) is 3.73. The molecular weight excluding hydrogens is 395 g/mol. The number of hydrogen-bond acceptors (Lipinski definition) is 5. The van der Waals surface area contributed by atoms with E-state index in [1.54, 1.807) is 26.4 Å². The number of methoxy groups -OCH3 is 2. The Morgan fingerprint density at radius 1 is 1.07 bits per heavy atom. The van der Waals surface area contributed by atoms with Crippen LogP contribution in [0.3, 0.4) is 0 Å². The zero-order valence-electron chi connectivity index (χ0n) is 14.5. The molecule has 2 aromatic carbocycles. The SMILES string of the molecule is COc1cccc(-c2nc(CSc3cccc(C(F)(F)F)c3)cs2)c1OC. The lowest BCUT2D eigenvalue weighted by molar-refractivity contribution is -0.137. The number of ether oxygens (including phenoxy) is 2. The van der Waals surface area contributed by atoms with Crippen LogP contribution >= 0.6 is 23.1 Å². The second-order valence-electron chi connectivity index (χ2n) is 5.50. The first-order chi connectivity index (χ1) is 12.9. The van der Waals surface area contributed by atoms with E-state index in [1.807, 2.05) is 17.5 Å². The van der Waals surface area contributed by atoms with Gasteiger partial charge >= 0.3 is 6.18 Å². The molecule has 0 atom stereocenters. The third-order valence-corrected chi connectivity index (χ3v) is 5.68. The van der Waals surface area contributed by atoms with Gasteiger partial charge in [-0.1, -0.05) is 12.1 Å². The van der Waals surface area contributed by atoms with Crippen LogP contribution in [0.2, 0.25) is 0 Å². The van der Waals surface area contributed by atoms with Gasteiger partial charge in [-0.05, 0) is 30.3 Å².